The lowest BCUT2D eigenvalue weighted by molar-refractivity contribution is -0.142. The SMILES string of the molecule is CCOC(=O)CCN1C(=O)c2cccc3cccc1c23. The summed E-state index contributed by atoms with van der Waals surface area (Å²) in [7, 11) is 0. The van der Waals surface area contributed by atoms with Crippen LogP contribution in [-0.2, 0) is 9.53 Å². The Bertz CT molecular complexity index is 688. The van der Waals surface area contributed by atoms with Crippen LogP contribution in [0.5, 0.6) is 0 Å². The number of carbonyl (C=O) groups is 2. The van der Waals surface area contributed by atoms with E-state index >= 15 is 0 Å². The van der Waals surface area contributed by atoms with Gasteiger partial charge < -0.3 is 9.64 Å². The molecule has 0 N–H and O–H groups in total. The van der Waals surface area contributed by atoms with E-state index in [-0.39, 0.29) is 18.3 Å². The summed E-state index contributed by atoms with van der Waals surface area (Å²) in [5, 5.41) is 2.02. The normalized spacial score (nSPS) is 13.1. The molecule has 0 spiro atoms. The minimum Gasteiger partial charge on any atom is -0.466 e. The van der Waals surface area contributed by atoms with Crippen LogP contribution in [0.15, 0.2) is 36.4 Å². The molecule has 0 aromatic heterocycles. The molecule has 0 bridgehead atoms. The minimum absolute atomic E-state index is 0.0406. The molecule has 1 heterocycles. The van der Waals surface area contributed by atoms with Gasteiger partial charge in [0, 0.05) is 17.5 Å². The smallest absolute Gasteiger partial charge is 0.307 e. The van der Waals surface area contributed by atoms with Gasteiger partial charge in [0.05, 0.1) is 18.7 Å². The molecular formula is C16H15NO3. The summed E-state index contributed by atoms with van der Waals surface area (Å²) in [6.45, 7) is 2.49. The molecule has 4 nitrogen and oxygen atoms in total. The summed E-state index contributed by atoms with van der Waals surface area (Å²) >= 11 is 0. The third kappa shape index (κ3) is 1.93. The van der Waals surface area contributed by atoms with Crippen LogP contribution in [0.25, 0.3) is 10.8 Å². The van der Waals surface area contributed by atoms with Gasteiger partial charge in [-0.25, -0.2) is 0 Å². The summed E-state index contributed by atoms with van der Waals surface area (Å²) < 4.78 is 4.91. The number of carbonyl (C=O) groups excluding carboxylic acids is 2. The molecule has 1 aliphatic rings. The van der Waals surface area contributed by atoms with Crippen molar-refractivity contribution in [1.29, 1.82) is 0 Å². The van der Waals surface area contributed by atoms with Crippen molar-refractivity contribution in [2.45, 2.75) is 13.3 Å². The fraction of sp³-hybridized carbons (Fsp3) is 0.250. The number of ether oxygens (including phenoxy) is 1. The maximum atomic E-state index is 12.4. The van der Waals surface area contributed by atoms with E-state index in [1.165, 1.54) is 0 Å². The van der Waals surface area contributed by atoms with Crippen LogP contribution in [0.1, 0.15) is 23.7 Å². The van der Waals surface area contributed by atoms with Gasteiger partial charge in [0.15, 0.2) is 0 Å². The molecule has 0 saturated heterocycles. The number of amides is 1. The highest BCUT2D eigenvalue weighted by molar-refractivity contribution is 6.25. The Labute approximate surface area is 116 Å². The fourth-order valence-electron chi connectivity index (χ4n) is 2.64. The zero-order valence-electron chi connectivity index (χ0n) is 11.3. The standard InChI is InChI=1S/C16H15NO3/c1-2-20-14(18)9-10-17-13-8-4-6-11-5-3-7-12(15(11)13)16(17)19/h3-8H,2,9-10H2,1H3. The van der Waals surface area contributed by atoms with E-state index in [2.05, 4.69) is 0 Å². The third-order valence-corrected chi connectivity index (χ3v) is 3.49. The van der Waals surface area contributed by atoms with Crippen LogP contribution in [-0.4, -0.2) is 25.0 Å². The highest BCUT2D eigenvalue weighted by atomic mass is 16.5. The Kier molecular flexibility index (Phi) is 3.14. The first kappa shape index (κ1) is 12.7. The Hall–Kier alpha value is -2.36. The molecule has 1 amide bonds. The minimum atomic E-state index is -0.275. The number of hydrogen-bond acceptors (Lipinski definition) is 3. The van der Waals surface area contributed by atoms with Crippen molar-refractivity contribution in [3.63, 3.8) is 0 Å². The van der Waals surface area contributed by atoms with E-state index in [1.54, 1.807) is 11.8 Å². The van der Waals surface area contributed by atoms with E-state index in [4.69, 9.17) is 4.74 Å². The third-order valence-electron chi connectivity index (χ3n) is 3.49. The lowest BCUT2D eigenvalue weighted by atomic mass is 10.1. The van der Waals surface area contributed by atoms with Crippen LogP contribution >= 0.6 is 0 Å². The first-order valence-electron chi connectivity index (χ1n) is 6.71. The Balaban J connectivity index is 1.91. The number of rotatable bonds is 4. The second-order valence-corrected chi connectivity index (χ2v) is 4.69. The average molecular weight is 269 g/mol. The van der Waals surface area contributed by atoms with Gasteiger partial charge in [0.1, 0.15) is 0 Å². The van der Waals surface area contributed by atoms with Gasteiger partial charge in [0.2, 0.25) is 0 Å². The molecule has 4 heteroatoms. The van der Waals surface area contributed by atoms with Crippen molar-refractivity contribution in [3.05, 3.63) is 42.0 Å². The Morgan fingerprint density at radius 2 is 1.95 bits per heavy atom. The molecule has 0 aliphatic carbocycles. The second kappa shape index (κ2) is 4.96. The van der Waals surface area contributed by atoms with Gasteiger partial charge in [-0.3, -0.25) is 9.59 Å². The molecule has 2 aromatic rings. The molecule has 2 aromatic carbocycles. The van der Waals surface area contributed by atoms with Crippen LogP contribution in [0.2, 0.25) is 0 Å². The van der Waals surface area contributed by atoms with Gasteiger partial charge in [-0.05, 0) is 24.4 Å². The zero-order chi connectivity index (χ0) is 14.1. The van der Waals surface area contributed by atoms with Crippen molar-refractivity contribution in [1.82, 2.24) is 0 Å². The summed E-state index contributed by atoms with van der Waals surface area (Å²) in [6, 6.07) is 11.5. The summed E-state index contributed by atoms with van der Waals surface area (Å²) in [4.78, 5) is 25.5. The Morgan fingerprint density at radius 1 is 1.20 bits per heavy atom. The molecule has 1 aliphatic heterocycles. The van der Waals surface area contributed by atoms with Gasteiger partial charge in [0.25, 0.3) is 5.91 Å². The molecule has 0 atom stereocenters. The van der Waals surface area contributed by atoms with Gasteiger partial charge in [-0.2, -0.15) is 0 Å². The summed E-state index contributed by atoms with van der Waals surface area (Å²) in [6.07, 6.45) is 0.212. The van der Waals surface area contributed by atoms with E-state index < -0.39 is 0 Å². The van der Waals surface area contributed by atoms with E-state index in [1.807, 2.05) is 36.4 Å². The van der Waals surface area contributed by atoms with E-state index in [0.29, 0.717) is 18.7 Å². The number of nitrogens with zero attached hydrogens (tertiary/aromatic N) is 1. The van der Waals surface area contributed by atoms with Crippen LogP contribution < -0.4 is 4.90 Å². The van der Waals surface area contributed by atoms with Crippen molar-refractivity contribution in [2.24, 2.45) is 0 Å². The topological polar surface area (TPSA) is 46.6 Å². The lowest BCUT2D eigenvalue weighted by Gasteiger charge is -2.16. The summed E-state index contributed by atoms with van der Waals surface area (Å²) in [5.74, 6) is -0.315. The number of anilines is 1. The van der Waals surface area contributed by atoms with Crippen molar-refractivity contribution < 1.29 is 14.3 Å². The van der Waals surface area contributed by atoms with Crippen LogP contribution in [0, 0.1) is 0 Å². The Morgan fingerprint density at radius 3 is 2.70 bits per heavy atom. The predicted octanol–water partition coefficient (Wildman–Crippen LogP) is 2.75. The van der Waals surface area contributed by atoms with E-state index in [9.17, 15) is 9.59 Å². The van der Waals surface area contributed by atoms with Crippen molar-refractivity contribution in [3.8, 4) is 0 Å². The fourth-order valence-corrected chi connectivity index (χ4v) is 2.64. The monoisotopic (exact) mass is 269 g/mol. The van der Waals surface area contributed by atoms with Crippen LogP contribution in [0.4, 0.5) is 5.69 Å². The van der Waals surface area contributed by atoms with Gasteiger partial charge in [-0.1, -0.05) is 24.3 Å². The number of benzene rings is 2. The predicted molar refractivity (Wildman–Crippen MR) is 76.9 cm³/mol. The van der Waals surface area contributed by atoms with Gasteiger partial charge in [-0.15, -0.1) is 0 Å². The highest BCUT2D eigenvalue weighted by Gasteiger charge is 2.29. The lowest BCUT2D eigenvalue weighted by Crippen LogP contribution is -2.29. The molecule has 0 fully saturated rings. The molecule has 0 unspecified atom stereocenters. The quantitative estimate of drug-likeness (QED) is 0.802. The van der Waals surface area contributed by atoms with Crippen LogP contribution in [0.3, 0.4) is 0 Å². The van der Waals surface area contributed by atoms with Crippen molar-refractivity contribution >= 4 is 28.3 Å². The van der Waals surface area contributed by atoms with Gasteiger partial charge >= 0.3 is 5.97 Å². The molecular weight excluding hydrogens is 254 g/mol. The maximum Gasteiger partial charge on any atom is 0.307 e. The molecule has 0 saturated carbocycles. The first-order chi connectivity index (χ1) is 9.72. The number of hydrogen-bond donors (Lipinski definition) is 0. The molecule has 102 valence electrons. The number of esters is 1. The second-order valence-electron chi connectivity index (χ2n) is 4.69. The maximum absolute atomic E-state index is 12.4. The largest absolute Gasteiger partial charge is 0.466 e. The first-order valence-corrected chi connectivity index (χ1v) is 6.71. The molecule has 0 radical (unpaired) electrons. The summed E-state index contributed by atoms with van der Waals surface area (Å²) in [5.41, 5.74) is 1.59. The van der Waals surface area contributed by atoms with Crippen molar-refractivity contribution in [2.75, 3.05) is 18.1 Å². The molecule has 3 rings (SSSR count). The average Bonchev–Trinajstić information content (AvgIpc) is 2.73. The molecule has 20 heavy (non-hydrogen) atoms. The highest BCUT2D eigenvalue weighted by Crippen LogP contribution is 2.37. The van der Waals surface area contributed by atoms with E-state index in [0.717, 1.165) is 16.5 Å². The zero-order valence-corrected chi connectivity index (χ0v) is 11.3.